The summed E-state index contributed by atoms with van der Waals surface area (Å²) < 4.78 is 0. The second kappa shape index (κ2) is 6.16. The van der Waals surface area contributed by atoms with Crippen molar-refractivity contribution < 1.29 is 0 Å². The monoisotopic (exact) mass is 262 g/mol. The molecule has 0 aromatic heterocycles. The van der Waals surface area contributed by atoms with Crippen LogP contribution in [0, 0.1) is 16.7 Å². The normalized spacial score (nSPS) is 10.1. The Morgan fingerprint density at radius 2 is 1.75 bits per heavy atom. The first-order valence-corrected chi connectivity index (χ1v) is 6.91. The van der Waals surface area contributed by atoms with Crippen molar-refractivity contribution in [2.75, 3.05) is 0 Å². The Balaban J connectivity index is 2.83. The Bertz CT molecular complexity index is 712. The fourth-order valence-corrected chi connectivity index (χ4v) is 2.63. The van der Waals surface area contributed by atoms with Gasteiger partial charge in [0.2, 0.25) is 0 Å². The van der Waals surface area contributed by atoms with E-state index in [-0.39, 0.29) is 0 Å². The van der Waals surface area contributed by atoms with Crippen LogP contribution < -0.4 is 0 Å². The highest BCUT2D eigenvalue weighted by atomic mass is 14.3. The quantitative estimate of drug-likeness (QED) is 0.780. The van der Waals surface area contributed by atoms with E-state index in [0.717, 1.165) is 34.8 Å². The molecular formula is C18H18N2. The molecule has 0 atom stereocenters. The highest BCUT2D eigenvalue weighted by molar-refractivity contribution is 6.15. The zero-order valence-corrected chi connectivity index (χ0v) is 11.9. The molecule has 0 unspecified atom stereocenters. The van der Waals surface area contributed by atoms with Crippen molar-refractivity contribution in [3.63, 3.8) is 0 Å². The van der Waals surface area contributed by atoms with Crippen LogP contribution in [0.2, 0.25) is 0 Å². The van der Waals surface area contributed by atoms with E-state index in [1.807, 2.05) is 36.4 Å². The van der Waals surface area contributed by atoms with E-state index >= 15 is 0 Å². The molecular weight excluding hydrogens is 244 g/mol. The predicted octanol–water partition coefficient (Wildman–Crippen LogP) is 4.93. The summed E-state index contributed by atoms with van der Waals surface area (Å²) in [6.45, 7) is 4.24. The minimum Gasteiger partial charge on any atom is -0.308 e. The van der Waals surface area contributed by atoms with Gasteiger partial charge in [0, 0.05) is 11.6 Å². The zero-order chi connectivity index (χ0) is 14.5. The molecule has 0 radical (unpaired) electrons. The summed E-state index contributed by atoms with van der Waals surface area (Å²) in [6, 6.07) is 14.0. The van der Waals surface area contributed by atoms with Crippen LogP contribution in [-0.4, -0.2) is 6.21 Å². The fourth-order valence-electron chi connectivity index (χ4n) is 2.63. The topological polar surface area (TPSA) is 47.6 Å². The van der Waals surface area contributed by atoms with Crippen LogP contribution >= 0.6 is 0 Å². The number of hydrogen-bond acceptors (Lipinski definition) is 2. The summed E-state index contributed by atoms with van der Waals surface area (Å²) in [7, 11) is 0. The molecule has 0 aliphatic heterocycles. The third-order valence-electron chi connectivity index (χ3n) is 3.71. The Morgan fingerprint density at radius 3 is 2.30 bits per heavy atom. The van der Waals surface area contributed by atoms with Crippen molar-refractivity contribution in [2.45, 2.75) is 26.7 Å². The molecule has 0 aliphatic rings. The molecule has 2 nitrogen and oxygen atoms in total. The smallest absolute Gasteiger partial charge is 0.0998 e. The molecule has 2 aromatic carbocycles. The second-order valence-corrected chi connectivity index (χ2v) is 4.69. The molecule has 0 aliphatic carbocycles. The summed E-state index contributed by atoms with van der Waals surface area (Å²) >= 11 is 0. The standard InChI is InChI=1S/C18H18N2/c1-3-13(4-2)18(12-20)17-10-9-14(11-19)15-7-5-6-8-16(15)17/h5-10,12,20H,3-4H2,1-2H3. The van der Waals surface area contributed by atoms with E-state index in [0.29, 0.717) is 5.56 Å². The molecule has 0 bridgehead atoms. The number of nitrogens with zero attached hydrogens (tertiary/aromatic N) is 1. The van der Waals surface area contributed by atoms with Gasteiger partial charge in [-0.05, 0) is 35.4 Å². The third kappa shape index (κ3) is 2.35. The molecule has 2 rings (SSSR count). The van der Waals surface area contributed by atoms with Gasteiger partial charge in [-0.1, -0.05) is 49.8 Å². The van der Waals surface area contributed by atoms with Crippen molar-refractivity contribution >= 4 is 22.6 Å². The maximum Gasteiger partial charge on any atom is 0.0998 e. The van der Waals surface area contributed by atoms with E-state index in [1.165, 1.54) is 11.8 Å². The Hall–Kier alpha value is -2.40. The Morgan fingerprint density at radius 1 is 1.10 bits per heavy atom. The van der Waals surface area contributed by atoms with Gasteiger partial charge >= 0.3 is 0 Å². The van der Waals surface area contributed by atoms with E-state index in [4.69, 9.17) is 5.41 Å². The van der Waals surface area contributed by atoms with Crippen molar-refractivity contribution in [1.29, 1.82) is 10.7 Å². The SMILES string of the molecule is CCC(CC)=C(C=N)c1ccc(C#N)c2ccccc12. The number of nitrogens with one attached hydrogen (secondary N) is 1. The van der Waals surface area contributed by atoms with E-state index in [2.05, 4.69) is 19.9 Å². The van der Waals surface area contributed by atoms with Crippen LogP contribution in [-0.2, 0) is 0 Å². The van der Waals surface area contributed by atoms with Gasteiger partial charge in [0.15, 0.2) is 0 Å². The van der Waals surface area contributed by atoms with Crippen molar-refractivity contribution in [1.82, 2.24) is 0 Å². The average molecular weight is 262 g/mol. The summed E-state index contributed by atoms with van der Waals surface area (Å²) in [5, 5.41) is 19.0. The highest BCUT2D eigenvalue weighted by Gasteiger charge is 2.10. The molecule has 0 spiro atoms. The van der Waals surface area contributed by atoms with Gasteiger partial charge in [-0.2, -0.15) is 5.26 Å². The summed E-state index contributed by atoms with van der Waals surface area (Å²) in [6.07, 6.45) is 3.32. The molecule has 0 saturated carbocycles. The van der Waals surface area contributed by atoms with Gasteiger partial charge in [-0.15, -0.1) is 0 Å². The molecule has 0 saturated heterocycles. The van der Waals surface area contributed by atoms with Gasteiger partial charge in [0.05, 0.1) is 11.6 Å². The van der Waals surface area contributed by atoms with Crippen molar-refractivity contribution in [3.8, 4) is 6.07 Å². The van der Waals surface area contributed by atoms with Gasteiger partial charge in [-0.3, -0.25) is 0 Å². The number of allylic oxidation sites excluding steroid dienone is 2. The number of nitriles is 1. The molecule has 2 heteroatoms. The zero-order valence-electron chi connectivity index (χ0n) is 11.9. The third-order valence-corrected chi connectivity index (χ3v) is 3.71. The summed E-state index contributed by atoms with van der Waals surface area (Å²) in [5.74, 6) is 0. The Labute approximate surface area is 119 Å². The van der Waals surface area contributed by atoms with Gasteiger partial charge < -0.3 is 5.41 Å². The lowest BCUT2D eigenvalue weighted by molar-refractivity contribution is 0.986. The number of benzene rings is 2. The van der Waals surface area contributed by atoms with Crippen LogP contribution in [0.5, 0.6) is 0 Å². The minimum atomic E-state index is 0.684. The number of fused-ring (bicyclic) bond motifs is 1. The number of hydrogen-bond donors (Lipinski definition) is 1. The van der Waals surface area contributed by atoms with Crippen LogP contribution in [0.1, 0.15) is 37.8 Å². The first-order valence-electron chi connectivity index (χ1n) is 6.91. The van der Waals surface area contributed by atoms with Gasteiger partial charge in [0.25, 0.3) is 0 Å². The fraction of sp³-hybridized carbons (Fsp3) is 0.222. The average Bonchev–Trinajstić information content (AvgIpc) is 2.51. The minimum absolute atomic E-state index is 0.684. The van der Waals surface area contributed by atoms with Crippen LogP contribution in [0.3, 0.4) is 0 Å². The molecule has 0 fully saturated rings. The van der Waals surface area contributed by atoms with Crippen molar-refractivity contribution in [3.05, 3.63) is 53.1 Å². The lowest BCUT2D eigenvalue weighted by atomic mass is 9.91. The van der Waals surface area contributed by atoms with Gasteiger partial charge in [-0.25, -0.2) is 0 Å². The van der Waals surface area contributed by atoms with Crippen LogP contribution in [0.4, 0.5) is 0 Å². The van der Waals surface area contributed by atoms with Crippen molar-refractivity contribution in [2.24, 2.45) is 0 Å². The summed E-state index contributed by atoms with van der Waals surface area (Å²) in [5.41, 5.74) is 3.99. The maximum absolute atomic E-state index is 9.22. The second-order valence-electron chi connectivity index (χ2n) is 4.69. The molecule has 1 N–H and O–H groups in total. The predicted molar refractivity (Wildman–Crippen MR) is 84.9 cm³/mol. The first-order chi connectivity index (χ1) is 9.76. The largest absolute Gasteiger partial charge is 0.308 e. The van der Waals surface area contributed by atoms with E-state index < -0.39 is 0 Å². The first kappa shape index (κ1) is 14.0. The van der Waals surface area contributed by atoms with E-state index in [1.54, 1.807) is 0 Å². The molecule has 2 aromatic rings. The van der Waals surface area contributed by atoms with Crippen LogP contribution in [0.25, 0.3) is 16.3 Å². The Kier molecular flexibility index (Phi) is 4.32. The molecule has 20 heavy (non-hydrogen) atoms. The molecule has 0 heterocycles. The molecule has 100 valence electrons. The lowest BCUT2D eigenvalue weighted by Crippen LogP contribution is -1.95. The lowest BCUT2D eigenvalue weighted by Gasteiger charge is -2.12. The van der Waals surface area contributed by atoms with E-state index in [9.17, 15) is 5.26 Å². The maximum atomic E-state index is 9.22. The van der Waals surface area contributed by atoms with Gasteiger partial charge in [0.1, 0.15) is 0 Å². The molecule has 0 amide bonds. The number of rotatable bonds is 4. The highest BCUT2D eigenvalue weighted by Crippen LogP contribution is 2.30. The van der Waals surface area contributed by atoms with Crippen LogP contribution in [0.15, 0.2) is 42.0 Å². The summed E-state index contributed by atoms with van der Waals surface area (Å²) in [4.78, 5) is 0.